The summed E-state index contributed by atoms with van der Waals surface area (Å²) in [7, 11) is 0. The highest BCUT2D eigenvalue weighted by Gasteiger charge is 2.10. The summed E-state index contributed by atoms with van der Waals surface area (Å²) in [5.74, 6) is -0.153. The van der Waals surface area contributed by atoms with Crippen LogP contribution >= 0.6 is 11.6 Å². The molecule has 0 aromatic carbocycles. The lowest BCUT2D eigenvalue weighted by Gasteiger charge is -2.04. The normalized spacial score (nSPS) is 10.4. The van der Waals surface area contributed by atoms with Crippen LogP contribution < -0.4 is 5.32 Å². The molecule has 1 N–H and O–H groups in total. The zero-order valence-corrected chi connectivity index (χ0v) is 10.1. The molecule has 0 aliphatic carbocycles. The van der Waals surface area contributed by atoms with E-state index in [1.165, 1.54) is 0 Å². The standard InChI is InChI=1S/C10H16ClN3O/c1-4-14-8(3)9(7(2)13-14)6-12-10(15)5-11/h4-6H2,1-3H3,(H,12,15). The second-order valence-electron chi connectivity index (χ2n) is 3.38. The first-order valence-corrected chi connectivity index (χ1v) is 5.49. The van der Waals surface area contributed by atoms with Gasteiger partial charge in [0.1, 0.15) is 5.88 Å². The molecule has 1 aromatic heterocycles. The SMILES string of the molecule is CCn1nc(C)c(CNC(=O)CCl)c1C. The Kier molecular flexibility index (Phi) is 4.15. The van der Waals surface area contributed by atoms with Crippen LogP contribution in [0.15, 0.2) is 0 Å². The van der Waals surface area contributed by atoms with Gasteiger partial charge in [0.25, 0.3) is 0 Å². The zero-order chi connectivity index (χ0) is 11.4. The molecule has 5 heteroatoms. The van der Waals surface area contributed by atoms with E-state index >= 15 is 0 Å². The third-order valence-corrected chi connectivity index (χ3v) is 2.66. The maximum atomic E-state index is 11.0. The molecule has 0 aliphatic heterocycles. The lowest BCUT2D eigenvalue weighted by atomic mass is 10.2. The molecule has 0 unspecified atom stereocenters. The van der Waals surface area contributed by atoms with Crippen LogP contribution in [-0.2, 0) is 17.9 Å². The molecule has 1 aromatic rings. The number of nitrogens with zero attached hydrogens (tertiary/aromatic N) is 2. The number of rotatable bonds is 4. The molecule has 0 radical (unpaired) electrons. The molecule has 0 bridgehead atoms. The van der Waals surface area contributed by atoms with Crippen molar-refractivity contribution in [3.05, 3.63) is 17.0 Å². The van der Waals surface area contributed by atoms with E-state index in [-0.39, 0.29) is 11.8 Å². The lowest BCUT2D eigenvalue weighted by Crippen LogP contribution is -2.24. The van der Waals surface area contributed by atoms with E-state index in [1.807, 2.05) is 25.5 Å². The minimum atomic E-state index is -0.153. The highest BCUT2D eigenvalue weighted by Crippen LogP contribution is 2.12. The molecule has 1 heterocycles. The Morgan fingerprint density at radius 1 is 1.53 bits per heavy atom. The van der Waals surface area contributed by atoms with E-state index in [2.05, 4.69) is 10.4 Å². The van der Waals surface area contributed by atoms with Crippen molar-refractivity contribution < 1.29 is 4.79 Å². The van der Waals surface area contributed by atoms with Crippen molar-refractivity contribution in [2.45, 2.75) is 33.9 Å². The number of alkyl halides is 1. The minimum absolute atomic E-state index is 0.0000101. The van der Waals surface area contributed by atoms with Crippen LogP contribution in [0.25, 0.3) is 0 Å². The number of nitrogens with one attached hydrogen (secondary N) is 1. The number of hydrogen-bond acceptors (Lipinski definition) is 2. The van der Waals surface area contributed by atoms with Crippen molar-refractivity contribution in [2.75, 3.05) is 5.88 Å². The second-order valence-corrected chi connectivity index (χ2v) is 3.64. The van der Waals surface area contributed by atoms with Gasteiger partial charge in [0.05, 0.1) is 5.69 Å². The van der Waals surface area contributed by atoms with Crippen LogP contribution in [0, 0.1) is 13.8 Å². The summed E-state index contributed by atoms with van der Waals surface area (Å²) in [5.41, 5.74) is 3.14. The molecule has 0 saturated carbocycles. The molecular weight excluding hydrogens is 214 g/mol. The number of carbonyl (C=O) groups is 1. The fourth-order valence-electron chi connectivity index (χ4n) is 1.53. The fraction of sp³-hybridized carbons (Fsp3) is 0.600. The molecule has 0 fully saturated rings. The molecule has 1 amide bonds. The van der Waals surface area contributed by atoms with E-state index in [0.717, 1.165) is 23.5 Å². The largest absolute Gasteiger partial charge is 0.351 e. The highest BCUT2D eigenvalue weighted by atomic mass is 35.5. The predicted octanol–water partition coefficient (Wildman–Crippen LogP) is 1.37. The first-order chi connectivity index (χ1) is 7.10. The smallest absolute Gasteiger partial charge is 0.235 e. The van der Waals surface area contributed by atoms with E-state index < -0.39 is 0 Å². The van der Waals surface area contributed by atoms with Gasteiger partial charge in [-0.1, -0.05) is 0 Å². The van der Waals surface area contributed by atoms with Gasteiger partial charge in [-0.3, -0.25) is 9.48 Å². The molecule has 84 valence electrons. The third-order valence-electron chi connectivity index (χ3n) is 2.41. The maximum Gasteiger partial charge on any atom is 0.235 e. The first-order valence-electron chi connectivity index (χ1n) is 4.95. The maximum absolute atomic E-state index is 11.0. The van der Waals surface area contributed by atoms with Crippen LogP contribution in [-0.4, -0.2) is 21.6 Å². The number of aryl methyl sites for hydroxylation is 2. The summed E-state index contributed by atoms with van der Waals surface area (Å²) in [6.07, 6.45) is 0. The molecule has 15 heavy (non-hydrogen) atoms. The summed E-state index contributed by atoms with van der Waals surface area (Å²) in [4.78, 5) is 11.0. The van der Waals surface area contributed by atoms with Crippen molar-refractivity contribution in [1.82, 2.24) is 15.1 Å². The van der Waals surface area contributed by atoms with Crippen LogP contribution in [0.4, 0.5) is 0 Å². The first kappa shape index (κ1) is 12.0. The zero-order valence-electron chi connectivity index (χ0n) is 9.30. The van der Waals surface area contributed by atoms with E-state index in [4.69, 9.17) is 11.6 Å². The van der Waals surface area contributed by atoms with Crippen molar-refractivity contribution in [2.24, 2.45) is 0 Å². The number of carbonyl (C=O) groups excluding carboxylic acids is 1. The Morgan fingerprint density at radius 3 is 2.67 bits per heavy atom. The fourth-order valence-corrected chi connectivity index (χ4v) is 1.63. The molecule has 0 aliphatic rings. The van der Waals surface area contributed by atoms with E-state index in [0.29, 0.717) is 6.54 Å². The van der Waals surface area contributed by atoms with Gasteiger partial charge in [-0.2, -0.15) is 5.10 Å². The average Bonchev–Trinajstić information content (AvgIpc) is 2.51. The van der Waals surface area contributed by atoms with Crippen LogP contribution in [0.1, 0.15) is 23.9 Å². The Morgan fingerprint density at radius 2 is 2.20 bits per heavy atom. The number of aromatic nitrogens is 2. The van der Waals surface area contributed by atoms with Gasteiger partial charge in [0.15, 0.2) is 0 Å². The lowest BCUT2D eigenvalue weighted by molar-refractivity contribution is -0.118. The van der Waals surface area contributed by atoms with Gasteiger partial charge in [0, 0.05) is 24.3 Å². The van der Waals surface area contributed by atoms with E-state index in [1.54, 1.807) is 0 Å². The van der Waals surface area contributed by atoms with Crippen molar-refractivity contribution in [3.8, 4) is 0 Å². The van der Waals surface area contributed by atoms with Crippen molar-refractivity contribution in [1.29, 1.82) is 0 Å². The number of amides is 1. The summed E-state index contributed by atoms with van der Waals surface area (Å²) < 4.78 is 1.93. The topological polar surface area (TPSA) is 46.9 Å². The molecular formula is C10H16ClN3O. The number of halogens is 1. The van der Waals surface area contributed by atoms with Gasteiger partial charge < -0.3 is 5.32 Å². The van der Waals surface area contributed by atoms with Crippen LogP contribution in [0.5, 0.6) is 0 Å². The van der Waals surface area contributed by atoms with Crippen LogP contribution in [0.3, 0.4) is 0 Å². The van der Waals surface area contributed by atoms with E-state index in [9.17, 15) is 4.79 Å². The van der Waals surface area contributed by atoms with Gasteiger partial charge in [0.2, 0.25) is 5.91 Å². The Labute approximate surface area is 94.6 Å². The van der Waals surface area contributed by atoms with Crippen LogP contribution in [0.2, 0.25) is 0 Å². The second kappa shape index (κ2) is 5.16. The quantitative estimate of drug-likeness (QED) is 0.793. The molecule has 0 saturated heterocycles. The Balaban J connectivity index is 2.76. The summed E-state index contributed by atoms with van der Waals surface area (Å²) in [6, 6.07) is 0. The molecule has 0 spiro atoms. The third kappa shape index (κ3) is 2.72. The predicted molar refractivity (Wildman–Crippen MR) is 59.9 cm³/mol. The molecule has 4 nitrogen and oxygen atoms in total. The number of hydrogen-bond donors (Lipinski definition) is 1. The highest BCUT2D eigenvalue weighted by molar-refractivity contribution is 6.27. The average molecular weight is 230 g/mol. The van der Waals surface area contributed by atoms with Gasteiger partial charge in [-0.25, -0.2) is 0 Å². The monoisotopic (exact) mass is 229 g/mol. The Bertz CT molecular complexity index is 360. The van der Waals surface area contributed by atoms with Gasteiger partial charge >= 0.3 is 0 Å². The van der Waals surface area contributed by atoms with Gasteiger partial charge in [-0.05, 0) is 20.8 Å². The summed E-state index contributed by atoms with van der Waals surface area (Å²) in [6.45, 7) is 7.34. The summed E-state index contributed by atoms with van der Waals surface area (Å²) >= 11 is 5.40. The molecule has 0 atom stereocenters. The molecule has 1 rings (SSSR count). The Hall–Kier alpha value is -1.03. The van der Waals surface area contributed by atoms with Crippen molar-refractivity contribution in [3.63, 3.8) is 0 Å². The van der Waals surface area contributed by atoms with Gasteiger partial charge in [-0.15, -0.1) is 11.6 Å². The van der Waals surface area contributed by atoms with Crippen molar-refractivity contribution >= 4 is 17.5 Å². The summed E-state index contributed by atoms with van der Waals surface area (Å²) in [5, 5.41) is 7.11. The minimum Gasteiger partial charge on any atom is -0.351 e.